The zero-order valence-corrected chi connectivity index (χ0v) is 24.3. The lowest BCUT2D eigenvalue weighted by molar-refractivity contribution is -0.136. The first kappa shape index (κ1) is 28.9. The van der Waals surface area contributed by atoms with E-state index in [1.807, 2.05) is 58.0 Å². The van der Waals surface area contributed by atoms with E-state index in [1.54, 1.807) is 18.2 Å². The number of alkyl carbamates (subject to hydrolysis) is 1. The smallest absolute Gasteiger partial charge is 0.481 e. The SMILES string of the molecule is CC1(C)OB(C(=Cc2ccc(CC(=O)O)c(Cl)c2)CNC(=O)OCC2c3ccccc3-c3ccccc32)OC1(C)C. The maximum absolute atomic E-state index is 12.9. The van der Waals surface area contributed by atoms with Gasteiger partial charge < -0.3 is 24.5 Å². The van der Waals surface area contributed by atoms with Gasteiger partial charge in [0.1, 0.15) is 6.61 Å². The Morgan fingerprint density at radius 1 is 0.976 bits per heavy atom. The minimum atomic E-state index is -0.958. The number of hydrogen-bond acceptors (Lipinski definition) is 5. The van der Waals surface area contributed by atoms with E-state index >= 15 is 0 Å². The van der Waals surface area contributed by atoms with Crippen LogP contribution in [0.2, 0.25) is 5.02 Å². The van der Waals surface area contributed by atoms with Gasteiger partial charge in [0.15, 0.2) is 0 Å². The summed E-state index contributed by atoms with van der Waals surface area (Å²) in [6.45, 7) is 8.16. The number of rotatable bonds is 8. The largest absolute Gasteiger partial charge is 0.492 e. The van der Waals surface area contributed by atoms with Crippen molar-refractivity contribution >= 4 is 36.9 Å². The van der Waals surface area contributed by atoms with Gasteiger partial charge in [-0.25, -0.2) is 4.79 Å². The van der Waals surface area contributed by atoms with Crippen LogP contribution in [-0.4, -0.2) is 48.6 Å². The van der Waals surface area contributed by atoms with E-state index in [0.29, 0.717) is 16.1 Å². The zero-order chi connectivity index (χ0) is 29.4. The van der Waals surface area contributed by atoms with Gasteiger partial charge in [-0.05, 0) is 72.6 Å². The van der Waals surface area contributed by atoms with Crippen molar-refractivity contribution in [3.63, 3.8) is 0 Å². The number of halogens is 1. The van der Waals surface area contributed by atoms with Crippen molar-refractivity contribution in [2.75, 3.05) is 13.2 Å². The molecule has 0 aromatic heterocycles. The molecule has 0 spiro atoms. The number of nitrogens with one attached hydrogen (secondary N) is 1. The van der Waals surface area contributed by atoms with Crippen molar-refractivity contribution in [1.82, 2.24) is 5.32 Å². The van der Waals surface area contributed by atoms with Gasteiger partial charge in [0.2, 0.25) is 0 Å². The molecular weight excluding hydrogens is 541 g/mol. The highest BCUT2D eigenvalue weighted by atomic mass is 35.5. The van der Waals surface area contributed by atoms with E-state index in [4.69, 9.17) is 30.8 Å². The van der Waals surface area contributed by atoms with Crippen LogP contribution in [0, 0.1) is 0 Å². The summed E-state index contributed by atoms with van der Waals surface area (Å²) in [7, 11) is -0.716. The summed E-state index contributed by atoms with van der Waals surface area (Å²) in [5.74, 6) is -1.00. The second-order valence-corrected chi connectivity index (χ2v) is 11.8. The van der Waals surface area contributed by atoms with Crippen LogP contribution in [0.3, 0.4) is 0 Å². The molecule has 0 unspecified atom stereocenters. The quantitative estimate of drug-likeness (QED) is 0.298. The third-order valence-corrected chi connectivity index (χ3v) is 8.46. The average Bonchev–Trinajstić information content (AvgIpc) is 3.35. The first-order valence-electron chi connectivity index (χ1n) is 13.6. The Balaban J connectivity index is 1.31. The van der Waals surface area contributed by atoms with E-state index in [0.717, 1.165) is 27.8 Å². The highest BCUT2D eigenvalue weighted by Gasteiger charge is 2.52. The normalized spacial score (nSPS) is 17.2. The van der Waals surface area contributed by atoms with E-state index in [9.17, 15) is 9.59 Å². The van der Waals surface area contributed by atoms with E-state index in [1.165, 1.54) is 0 Å². The molecule has 7 nitrogen and oxygen atoms in total. The van der Waals surface area contributed by atoms with Gasteiger partial charge in [-0.1, -0.05) is 78.3 Å². The number of carbonyl (C=O) groups is 2. The van der Waals surface area contributed by atoms with Gasteiger partial charge in [-0.3, -0.25) is 4.79 Å². The standard InChI is InChI=1S/C32H33BClNO6/c1-31(2)32(3,4)41-33(40-31)22(15-20-13-14-21(17-29(36)37)28(34)16-20)18-35-30(38)39-19-27-25-11-7-5-9-23(25)24-10-6-8-12-26(24)27/h5-16,27H,17-19H2,1-4H3,(H,35,38)(H,36,37). The minimum Gasteiger partial charge on any atom is -0.481 e. The highest BCUT2D eigenvalue weighted by Crippen LogP contribution is 2.44. The molecule has 212 valence electrons. The average molecular weight is 574 g/mol. The summed E-state index contributed by atoms with van der Waals surface area (Å²) in [6.07, 6.45) is 1.11. The Morgan fingerprint density at radius 3 is 2.12 bits per heavy atom. The fourth-order valence-corrected chi connectivity index (χ4v) is 5.45. The number of benzene rings is 3. The van der Waals surface area contributed by atoms with Crippen LogP contribution < -0.4 is 5.32 Å². The van der Waals surface area contributed by atoms with E-state index in [2.05, 4.69) is 29.6 Å². The van der Waals surface area contributed by atoms with Gasteiger partial charge >= 0.3 is 19.2 Å². The molecule has 0 radical (unpaired) electrons. The molecule has 5 rings (SSSR count). The lowest BCUT2D eigenvalue weighted by atomic mass is 9.77. The van der Waals surface area contributed by atoms with Crippen LogP contribution in [0.1, 0.15) is 55.9 Å². The van der Waals surface area contributed by atoms with Crippen molar-refractivity contribution in [2.24, 2.45) is 0 Å². The maximum atomic E-state index is 12.9. The number of aliphatic carboxylic acids is 1. The van der Waals surface area contributed by atoms with Crippen LogP contribution in [0.5, 0.6) is 0 Å². The summed E-state index contributed by atoms with van der Waals surface area (Å²) < 4.78 is 18.2. The Morgan fingerprint density at radius 2 is 1.56 bits per heavy atom. The van der Waals surface area contributed by atoms with E-state index in [-0.39, 0.29) is 25.5 Å². The van der Waals surface area contributed by atoms with Crippen molar-refractivity contribution < 1.29 is 28.7 Å². The Labute approximate surface area is 245 Å². The number of carboxylic acids is 1. The fourth-order valence-electron chi connectivity index (χ4n) is 5.19. The van der Waals surface area contributed by atoms with Gasteiger partial charge in [-0.2, -0.15) is 0 Å². The van der Waals surface area contributed by atoms with Crippen LogP contribution >= 0.6 is 11.6 Å². The molecule has 1 amide bonds. The van der Waals surface area contributed by atoms with Gasteiger partial charge in [0.25, 0.3) is 0 Å². The molecule has 1 heterocycles. The lowest BCUT2D eigenvalue weighted by Crippen LogP contribution is -2.41. The van der Waals surface area contributed by atoms with Gasteiger partial charge in [0.05, 0.1) is 17.6 Å². The Kier molecular flexibility index (Phi) is 8.01. The van der Waals surface area contributed by atoms with Gasteiger partial charge in [0, 0.05) is 17.5 Å². The zero-order valence-electron chi connectivity index (χ0n) is 23.6. The first-order chi connectivity index (χ1) is 19.4. The Bertz CT molecular complexity index is 1460. The summed E-state index contributed by atoms with van der Waals surface area (Å²) in [5.41, 5.74) is 5.36. The summed E-state index contributed by atoms with van der Waals surface area (Å²) in [5, 5.41) is 12.3. The molecule has 41 heavy (non-hydrogen) atoms. The van der Waals surface area contributed by atoms with Crippen molar-refractivity contribution in [3.05, 3.63) is 99.5 Å². The van der Waals surface area contributed by atoms with Crippen LogP contribution in [0.4, 0.5) is 4.79 Å². The topological polar surface area (TPSA) is 94.1 Å². The fraction of sp³-hybridized carbons (Fsp3) is 0.312. The number of amides is 1. The second kappa shape index (κ2) is 11.4. The first-order valence-corrected chi connectivity index (χ1v) is 14.0. The summed E-state index contributed by atoms with van der Waals surface area (Å²) in [6, 6.07) is 21.5. The van der Waals surface area contributed by atoms with Crippen LogP contribution in [-0.2, 0) is 25.3 Å². The number of ether oxygens (including phenoxy) is 1. The number of carboxylic acid groups (broad SMARTS) is 1. The molecule has 0 bridgehead atoms. The Hall–Kier alpha value is -3.59. The number of hydrogen-bond donors (Lipinski definition) is 2. The predicted octanol–water partition coefficient (Wildman–Crippen LogP) is 6.52. The highest BCUT2D eigenvalue weighted by molar-refractivity contribution is 6.56. The van der Waals surface area contributed by atoms with Crippen molar-refractivity contribution in [1.29, 1.82) is 0 Å². The molecule has 3 aromatic carbocycles. The molecule has 9 heteroatoms. The molecule has 3 aromatic rings. The molecular formula is C32H33BClNO6. The monoisotopic (exact) mass is 573 g/mol. The summed E-state index contributed by atoms with van der Waals surface area (Å²) in [4.78, 5) is 24.1. The molecule has 0 atom stereocenters. The van der Waals surface area contributed by atoms with Crippen LogP contribution in [0.25, 0.3) is 17.2 Å². The number of carbonyl (C=O) groups excluding carboxylic acids is 1. The third kappa shape index (κ3) is 6.05. The molecule has 2 aliphatic rings. The van der Waals surface area contributed by atoms with E-state index < -0.39 is 30.4 Å². The second-order valence-electron chi connectivity index (χ2n) is 11.4. The van der Waals surface area contributed by atoms with Crippen molar-refractivity contribution in [3.8, 4) is 11.1 Å². The minimum absolute atomic E-state index is 0.0438. The lowest BCUT2D eigenvalue weighted by Gasteiger charge is -2.32. The summed E-state index contributed by atoms with van der Waals surface area (Å²) >= 11 is 6.37. The predicted molar refractivity (Wildman–Crippen MR) is 160 cm³/mol. The molecule has 1 aliphatic carbocycles. The third-order valence-electron chi connectivity index (χ3n) is 8.11. The molecule has 1 aliphatic heterocycles. The number of fused-ring (bicyclic) bond motifs is 3. The molecule has 1 fully saturated rings. The van der Waals surface area contributed by atoms with Gasteiger partial charge in [-0.15, -0.1) is 0 Å². The maximum Gasteiger partial charge on any atom is 0.492 e. The molecule has 0 saturated carbocycles. The molecule has 2 N–H and O–H groups in total. The van der Waals surface area contributed by atoms with Crippen molar-refractivity contribution in [2.45, 2.75) is 51.2 Å². The van der Waals surface area contributed by atoms with Crippen LogP contribution in [0.15, 0.2) is 72.2 Å². The molecule has 1 saturated heterocycles.